The van der Waals surface area contributed by atoms with Gasteiger partial charge in [0.15, 0.2) is 0 Å². The van der Waals surface area contributed by atoms with E-state index in [4.69, 9.17) is 4.74 Å². The van der Waals surface area contributed by atoms with Crippen molar-refractivity contribution in [3.05, 3.63) is 41.7 Å². The average Bonchev–Trinajstić information content (AvgIpc) is 2.75. The molecule has 0 fully saturated rings. The Morgan fingerprint density at radius 2 is 2.11 bits per heavy atom. The molecule has 1 heterocycles. The van der Waals surface area contributed by atoms with Crippen molar-refractivity contribution in [2.24, 2.45) is 0 Å². The third-order valence-corrected chi connectivity index (χ3v) is 3.71. The first kappa shape index (κ1) is 13.7. The van der Waals surface area contributed by atoms with Crippen molar-refractivity contribution >= 4 is 17.7 Å². The van der Waals surface area contributed by atoms with E-state index in [2.05, 4.69) is 5.10 Å². The zero-order valence-electron chi connectivity index (χ0n) is 11.2. The molecule has 0 unspecified atom stereocenters. The molecule has 0 bridgehead atoms. The minimum atomic E-state index is -0.0264. The fraction of sp³-hybridized carbons (Fsp3) is 0.286. The minimum Gasteiger partial charge on any atom is -0.496 e. The summed E-state index contributed by atoms with van der Waals surface area (Å²) in [7, 11) is 1.63. The standard InChI is InChI=1S/C14H16N2O2S/c1-10-8-11(2)16(15-10)14(17)9-19-13-7-5-4-6-12(13)18-3/h4-8H,9H2,1-3H3. The quantitative estimate of drug-likeness (QED) is 0.805. The lowest BCUT2D eigenvalue weighted by atomic mass is 10.3. The first-order valence-corrected chi connectivity index (χ1v) is 6.92. The number of aromatic nitrogens is 2. The van der Waals surface area contributed by atoms with Crippen LogP contribution in [0.25, 0.3) is 0 Å². The zero-order chi connectivity index (χ0) is 13.8. The number of hydrogen-bond acceptors (Lipinski definition) is 4. The molecule has 0 N–H and O–H groups in total. The fourth-order valence-electron chi connectivity index (χ4n) is 1.82. The van der Waals surface area contributed by atoms with Crippen LogP contribution in [0.15, 0.2) is 35.2 Å². The normalized spacial score (nSPS) is 10.5. The summed E-state index contributed by atoms with van der Waals surface area (Å²) in [5.41, 5.74) is 1.72. The predicted molar refractivity (Wildman–Crippen MR) is 76.0 cm³/mol. The molecule has 1 aromatic heterocycles. The van der Waals surface area contributed by atoms with Gasteiger partial charge in [-0.25, -0.2) is 4.68 Å². The van der Waals surface area contributed by atoms with Crippen LogP contribution in [0.5, 0.6) is 5.75 Å². The van der Waals surface area contributed by atoms with Gasteiger partial charge in [0.05, 0.1) is 18.6 Å². The van der Waals surface area contributed by atoms with E-state index in [9.17, 15) is 4.79 Å². The second-order valence-electron chi connectivity index (χ2n) is 4.17. The Morgan fingerprint density at radius 3 is 2.74 bits per heavy atom. The van der Waals surface area contributed by atoms with E-state index in [0.29, 0.717) is 5.75 Å². The van der Waals surface area contributed by atoms with E-state index in [1.165, 1.54) is 16.4 Å². The molecule has 0 saturated heterocycles. The van der Waals surface area contributed by atoms with Crippen LogP contribution >= 0.6 is 11.8 Å². The van der Waals surface area contributed by atoms with E-state index < -0.39 is 0 Å². The number of ether oxygens (including phenoxy) is 1. The average molecular weight is 276 g/mol. The van der Waals surface area contributed by atoms with E-state index in [1.807, 2.05) is 44.2 Å². The van der Waals surface area contributed by atoms with E-state index in [0.717, 1.165) is 22.0 Å². The molecule has 0 saturated carbocycles. The lowest BCUT2D eigenvalue weighted by Crippen LogP contribution is -2.16. The highest BCUT2D eigenvalue weighted by atomic mass is 32.2. The van der Waals surface area contributed by atoms with Crippen LogP contribution in [-0.2, 0) is 0 Å². The summed E-state index contributed by atoms with van der Waals surface area (Å²) in [6.07, 6.45) is 0. The van der Waals surface area contributed by atoms with Crippen LogP contribution in [0.2, 0.25) is 0 Å². The first-order chi connectivity index (χ1) is 9.11. The van der Waals surface area contributed by atoms with Gasteiger partial charge < -0.3 is 4.74 Å². The van der Waals surface area contributed by atoms with Crippen LogP contribution in [0.4, 0.5) is 0 Å². The molecule has 0 amide bonds. The first-order valence-electron chi connectivity index (χ1n) is 5.94. The fourth-order valence-corrected chi connectivity index (χ4v) is 2.69. The number of benzene rings is 1. The van der Waals surface area contributed by atoms with E-state index >= 15 is 0 Å². The Hall–Kier alpha value is -1.75. The maximum atomic E-state index is 12.1. The number of para-hydroxylation sites is 1. The molecule has 0 spiro atoms. The topological polar surface area (TPSA) is 44.1 Å². The predicted octanol–water partition coefficient (Wildman–Crippen LogP) is 2.94. The van der Waals surface area contributed by atoms with Crippen molar-refractivity contribution in [1.82, 2.24) is 9.78 Å². The van der Waals surface area contributed by atoms with Crippen LogP contribution in [-0.4, -0.2) is 28.6 Å². The molecule has 0 radical (unpaired) electrons. The highest BCUT2D eigenvalue weighted by molar-refractivity contribution is 8.00. The van der Waals surface area contributed by atoms with Gasteiger partial charge in [0.25, 0.3) is 5.91 Å². The number of nitrogens with zero attached hydrogens (tertiary/aromatic N) is 2. The Kier molecular flexibility index (Phi) is 4.27. The van der Waals surface area contributed by atoms with Crippen molar-refractivity contribution in [2.45, 2.75) is 18.7 Å². The second-order valence-corrected chi connectivity index (χ2v) is 5.19. The SMILES string of the molecule is COc1ccccc1SCC(=O)n1nc(C)cc1C. The molecule has 4 nitrogen and oxygen atoms in total. The molecular formula is C14H16N2O2S. The number of thioether (sulfide) groups is 1. The van der Waals surface area contributed by atoms with Gasteiger partial charge in [0, 0.05) is 10.6 Å². The molecule has 0 aliphatic carbocycles. The lowest BCUT2D eigenvalue weighted by Gasteiger charge is -2.07. The summed E-state index contributed by atoms with van der Waals surface area (Å²) in [5, 5.41) is 4.19. The minimum absolute atomic E-state index is 0.0264. The number of rotatable bonds is 4. The van der Waals surface area contributed by atoms with Crippen molar-refractivity contribution in [3.63, 3.8) is 0 Å². The smallest absolute Gasteiger partial charge is 0.257 e. The molecule has 0 aliphatic heterocycles. The molecule has 2 rings (SSSR count). The maximum absolute atomic E-state index is 12.1. The Labute approximate surface area is 116 Å². The van der Waals surface area contributed by atoms with Crippen molar-refractivity contribution in [3.8, 4) is 5.75 Å². The van der Waals surface area contributed by atoms with Crippen LogP contribution in [0.3, 0.4) is 0 Å². The third-order valence-electron chi connectivity index (χ3n) is 2.67. The number of methoxy groups -OCH3 is 1. The summed E-state index contributed by atoms with van der Waals surface area (Å²) in [6, 6.07) is 9.56. The Bertz CT molecular complexity index is 593. The summed E-state index contributed by atoms with van der Waals surface area (Å²) < 4.78 is 6.71. The number of aryl methyl sites for hydroxylation is 2. The molecule has 0 aliphatic rings. The van der Waals surface area contributed by atoms with Gasteiger partial charge in [-0.15, -0.1) is 11.8 Å². The van der Waals surface area contributed by atoms with Gasteiger partial charge in [-0.3, -0.25) is 4.79 Å². The molecule has 5 heteroatoms. The zero-order valence-corrected chi connectivity index (χ0v) is 12.0. The Morgan fingerprint density at radius 1 is 1.37 bits per heavy atom. The molecule has 2 aromatic rings. The number of carbonyl (C=O) groups is 1. The monoisotopic (exact) mass is 276 g/mol. The maximum Gasteiger partial charge on any atom is 0.257 e. The molecular weight excluding hydrogens is 260 g/mol. The molecule has 100 valence electrons. The van der Waals surface area contributed by atoms with E-state index in [-0.39, 0.29) is 5.91 Å². The van der Waals surface area contributed by atoms with Crippen LogP contribution < -0.4 is 4.74 Å². The van der Waals surface area contributed by atoms with E-state index in [1.54, 1.807) is 7.11 Å². The van der Waals surface area contributed by atoms with Gasteiger partial charge >= 0.3 is 0 Å². The summed E-state index contributed by atoms with van der Waals surface area (Å²) in [6.45, 7) is 3.76. The molecule has 19 heavy (non-hydrogen) atoms. The second kappa shape index (κ2) is 5.93. The lowest BCUT2D eigenvalue weighted by molar-refractivity contribution is 0.0924. The van der Waals surface area contributed by atoms with Crippen LogP contribution in [0, 0.1) is 13.8 Å². The van der Waals surface area contributed by atoms with Crippen LogP contribution in [0.1, 0.15) is 16.2 Å². The molecule has 0 atom stereocenters. The van der Waals surface area contributed by atoms with Gasteiger partial charge in [-0.05, 0) is 32.0 Å². The van der Waals surface area contributed by atoms with Crippen molar-refractivity contribution < 1.29 is 9.53 Å². The van der Waals surface area contributed by atoms with Gasteiger partial charge in [0.1, 0.15) is 5.75 Å². The largest absolute Gasteiger partial charge is 0.496 e. The summed E-state index contributed by atoms with van der Waals surface area (Å²) in [5.74, 6) is 1.10. The van der Waals surface area contributed by atoms with Crippen molar-refractivity contribution in [1.29, 1.82) is 0 Å². The third kappa shape index (κ3) is 3.17. The highest BCUT2D eigenvalue weighted by Crippen LogP contribution is 2.28. The highest BCUT2D eigenvalue weighted by Gasteiger charge is 2.12. The van der Waals surface area contributed by atoms with Gasteiger partial charge in [-0.1, -0.05) is 12.1 Å². The van der Waals surface area contributed by atoms with Gasteiger partial charge in [0.2, 0.25) is 0 Å². The number of carbonyl (C=O) groups excluding carboxylic acids is 1. The van der Waals surface area contributed by atoms with Gasteiger partial charge in [-0.2, -0.15) is 5.10 Å². The Balaban J connectivity index is 2.06. The van der Waals surface area contributed by atoms with Crippen molar-refractivity contribution in [2.75, 3.05) is 12.9 Å². The molecule has 1 aromatic carbocycles. The summed E-state index contributed by atoms with van der Waals surface area (Å²) >= 11 is 1.46. The summed E-state index contributed by atoms with van der Waals surface area (Å²) in [4.78, 5) is 13.0. The number of hydrogen-bond donors (Lipinski definition) is 0.